The molecular weight excluding hydrogens is 318 g/mol. The number of azide groups is 1. The molecule has 0 spiro atoms. The lowest BCUT2D eigenvalue weighted by molar-refractivity contribution is 0.0602. The molecule has 7 nitrogen and oxygen atoms in total. The summed E-state index contributed by atoms with van der Waals surface area (Å²) in [5, 5.41) is 4.55. The first-order chi connectivity index (χ1) is 12.2. The van der Waals surface area contributed by atoms with Crippen molar-refractivity contribution in [1.29, 1.82) is 0 Å². The van der Waals surface area contributed by atoms with Gasteiger partial charge in [0.1, 0.15) is 5.69 Å². The predicted molar refractivity (Wildman–Crippen MR) is 92.6 cm³/mol. The van der Waals surface area contributed by atoms with Gasteiger partial charge in [0.15, 0.2) is 0 Å². The largest absolute Gasteiger partial charge is 0.350 e. The van der Waals surface area contributed by atoms with Crippen LogP contribution in [0.2, 0.25) is 0 Å². The summed E-state index contributed by atoms with van der Waals surface area (Å²) in [6, 6.07) is 14.1. The molecule has 0 unspecified atom stereocenters. The number of hydrogen-bond donors (Lipinski definition) is 1. The van der Waals surface area contributed by atoms with E-state index < -0.39 is 5.91 Å². The van der Waals surface area contributed by atoms with Crippen LogP contribution in [0.4, 0.5) is 5.69 Å². The fourth-order valence-electron chi connectivity index (χ4n) is 3.23. The van der Waals surface area contributed by atoms with E-state index in [0.29, 0.717) is 12.1 Å². The second kappa shape index (κ2) is 5.81. The van der Waals surface area contributed by atoms with Crippen LogP contribution in [0.25, 0.3) is 21.3 Å². The number of carbonyl (C=O) groups excluding carboxylic acids is 2. The zero-order chi connectivity index (χ0) is 17.4. The quantitative estimate of drug-likeness (QED) is 0.332. The minimum Gasteiger partial charge on any atom is -0.350 e. The minimum atomic E-state index is -0.461. The Morgan fingerprint density at radius 3 is 2.76 bits per heavy atom. The predicted octanol–water partition coefficient (Wildman–Crippen LogP) is 3.95. The lowest BCUT2D eigenvalue weighted by Gasteiger charge is -2.25. The van der Waals surface area contributed by atoms with E-state index in [2.05, 4.69) is 15.0 Å². The molecule has 0 radical (unpaired) electrons. The Balaban J connectivity index is 1.75. The number of carbonyl (C=O) groups is 2. The highest BCUT2D eigenvalue weighted by atomic mass is 16.2. The molecule has 0 saturated carbocycles. The first kappa shape index (κ1) is 15.0. The number of imide groups is 1. The minimum absolute atomic E-state index is 0.213. The average Bonchev–Trinajstić information content (AvgIpc) is 3.02. The lowest BCUT2D eigenvalue weighted by Crippen LogP contribution is -2.42. The van der Waals surface area contributed by atoms with Crippen molar-refractivity contribution in [2.24, 2.45) is 5.11 Å². The van der Waals surface area contributed by atoms with Gasteiger partial charge in [-0.1, -0.05) is 41.5 Å². The van der Waals surface area contributed by atoms with Crippen molar-refractivity contribution in [3.05, 3.63) is 75.8 Å². The third-order valence-electron chi connectivity index (χ3n) is 4.39. The number of benzene rings is 2. The van der Waals surface area contributed by atoms with Crippen molar-refractivity contribution in [1.82, 2.24) is 9.88 Å². The highest BCUT2D eigenvalue weighted by Crippen LogP contribution is 2.29. The van der Waals surface area contributed by atoms with Crippen LogP contribution in [0.15, 0.2) is 53.6 Å². The normalized spacial score (nSPS) is 13.4. The molecule has 0 aliphatic carbocycles. The fraction of sp³-hybridized carbons (Fsp3) is 0.111. The van der Waals surface area contributed by atoms with E-state index in [0.717, 1.165) is 16.5 Å². The third-order valence-corrected chi connectivity index (χ3v) is 4.39. The molecule has 2 amide bonds. The SMILES string of the molecule is [N-]=[N+]=Nc1ccccc1C(=O)N1CCc2c([nH]c3ccccc23)C1=O. The molecule has 3 aromatic rings. The standard InChI is InChI=1S/C18H13N5O2/c19-22-21-15-8-4-2-6-13(15)17(24)23-10-9-12-11-5-1-3-7-14(11)20-16(12)18(23)25/h1-8,20H,9-10H2. The van der Waals surface area contributed by atoms with Gasteiger partial charge >= 0.3 is 0 Å². The van der Waals surface area contributed by atoms with Crippen molar-refractivity contribution >= 4 is 28.4 Å². The Labute approximate surface area is 142 Å². The van der Waals surface area contributed by atoms with Gasteiger partial charge in [0, 0.05) is 27.9 Å². The van der Waals surface area contributed by atoms with Crippen LogP contribution < -0.4 is 0 Å². The van der Waals surface area contributed by atoms with Crippen LogP contribution in [0, 0.1) is 0 Å². The summed E-state index contributed by atoms with van der Waals surface area (Å²) < 4.78 is 0. The van der Waals surface area contributed by atoms with Crippen LogP contribution in [0.5, 0.6) is 0 Å². The lowest BCUT2D eigenvalue weighted by atomic mass is 10.0. The molecule has 1 N–H and O–H groups in total. The number of amides is 2. The number of aromatic amines is 1. The van der Waals surface area contributed by atoms with Gasteiger partial charge in [-0.2, -0.15) is 0 Å². The van der Waals surface area contributed by atoms with Gasteiger partial charge in [-0.05, 0) is 29.6 Å². The second-order valence-electron chi connectivity index (χ2n) is 5.74. The van der Waals surface area contributed by atoms with Gasteiger partial charge in [0.25, 0.3) is 11.8 Å². The van der Waals surface area contributed by atoms with Gasteiger partial charge in [0.2, 0.25) is 0 Å². The van der Waals surface area contributed by atoms with Crippen molar-refractivity contribution in [3.63, 3.8) is 0 Å². The Morgan fingerprint density at radius 2 is 1.92 bits per heavy atom. The van der Waals surface area contributed by atoms with Crippen LogP contribution in [-0.4, -0.2) is 28.2 Å². The topological polar surface area (TPSA) is 102 Å². The van der Waals surface area contributed by atoms with Crippen LogP contribution >= 0.6 is 0 Å². The molecule has 2 heterocycles. The highest BCUT2D eigenvalue weighted by Gasteiger charge is 2.32. The summed E-state index contributed by atoms with van der Waals surface area (Å²) in [6.07, 6.45) is 0.584. The fourth-order valence-corrected chi connectivity index (χ4v) is 3.23. The molecule has 7 heteroatoms. The summed E-state index contributed by atoms with van der Waals surface area (Å²) in [5.74, 6) is -0.824. The molecule has 1 aromatic heterocycles. The summed E-state index contributed by atoms with van der Waals surface area (Å²) >= 11 is 0. The molecule has 2 aromatic carbocycles. The maximum absolute atomic E-state index is 12.8. The number of H-pyrrole nitrogens is 1. The van der Waals surface area contributed by atoms with E-state index in [1.165, 1.54) is 4.90 Å². The molecule has 1 aliphatic rings. The highest BCUT2D eigenvalue weighted by molar-refractivity contribution is 6.14. The van der Waals surface area contributed by atoms with Crippen molar-refractivity contribution in [2.45, 2.75) is 6.42 Å². The van der Waals surface area contributed by atoms with Crippen molar-refractivity contribution < 1.29 is 9.59 Å². The van der Waals surface area contributed by atoms with Crippen molar-refractivity contribution in [2.75, 3.05) is 6.54 Å². The first-order valence-corrected chi connectivity index (χ1v) is 7.80. The molecule has 0 fully saturated rings. The smallest absolute Gasteiger partial charge is 0.277 e. The van der Waals surface area contributed by atoms with Gasteiger partial charge in [0.05, 0.1) is 5.69 Å². The zero-order valence-corrected chi connectivity index (χ0v) is 13.1. The number of aromatic nitrogens is 1. The van der Waals surface area contributed by atoms with E-state index in [1.54, 1.807) is 24.3 Å². The van der Waals surface area contributed by atoms with E-state index in [1.807, 2.05) is 24.3 Å². The van der Waals surface area contributed by atoms with Gasteiger partial charge in [-0.3, -0.25) is 14.5 Å². The Bertz CT molecular complexity index is 1060. The molecule has 4 rings (SSSR count). The van der Waals surface area contributed by atoms with Gasteiger partial charge in [-0.25, -0.2) is 0 Å². The van der Waals surface area contributed by atoms with E-state index in [4.69, 9.17) is 5.53 Å². The maximum Gasteiger partial charge on any atom is 0.277 e. The monoisotopic (exact) mass is 331 g/mol. The summed E-state index contributed by atoms with van der Waals surface area (Å²) in [4.78, 5) is 32.7. The van der Waals surface area contributed by atoms with Crippen LogP contribution in [0.3, 0.4) is 0 Å². The molecule has 1 aliphatic heterocycles. The summed E-state index contributed by atoms with van der Waals surface area (Å²) in [5.41, 5.74) is 11.4. The Hall–Kier alpha value is -3.57. The van der Waals surface area contributed by atoms with E-state index in [-0.39, 0.29) is 23.7 Å². The number of rotatable bonds is 2. The second-order valence-corrected chi connectivity index (χ2v) is 5.74. The van der Waals surface area contributed by atoms with Crippen LogP contribution in [0.1, 0.15) is 26.4 Å². The third kappa shape index (κ3) is 2.34. The number of hydrogen-bond acceptors (Lipinski definition) is 3. The van der Waals surface area contributed by atoms with E-state index in [9.17, 15) is 9.59 Å². The summed E-state index contributed by atoms with van der Waals surface area (Å²) in [6.45, 7) is 0.289. The number of para-hydroxylation sites is 1. The Kier molecular flexibility index (Phi) is 3.48. The Morgan fingerprint density at radius 1 is 1.16 bits per heavy atom. The van der Waals surface area contributed by atoms with Gasteiger partial charge in [-0.15, -0.1) is 0 Å². The molecule has 0 atom stereocenters. The molecular formula is C18H13N5O2. The number of nitrogens with one attached hydrogen (secondary N) is 1. The molecule has 0 bridgehead atoms. The summed E-state index contributed by atoms with van der Waals surface area (Å²) in [7, 11) is 0. The van der Waals surface area contributed by atoms with Crippen molar-refractivity contribution in [3.8, 4) is 0 Å². The maximum atomic E-state index is 12.8. The van der Waals surface area contributed by atoms with E-state index >= 15 is 0 Å². The number of fused-ring (bicyclic) bond motifs is 3. The van der Waals surface area contributed by atoms with Crippen LogP contribution in [-0.2, 0) is 6.42 Å². The van der Waals surface area contributed by atoms with Gasteiger partial charge < -0.3 is 4.98 Å². The molecule has 122 valence electrons. The first-order valence-electron chi connectivity index (χ1n) is 7.80. The molecule has 0 saturated heterocycles. The number of nitrogens with zero attached hydrogens (tertiary/aromatic N) is 4. The average molecular weight is 331 g/mol. The molecule has 25 heavy (non-hydrogen) atoms. The zero-order valence-electron chi connectivity index (χ0n) is 13.1.